The number of carbonyl (C=O) groups excluding carboxylic acids is 1. The summed E-state index contributed by atoms with van der Waals surface area (Å²) in [6, 6.07) is 0. The SMILES string of the molecule is CCOc1[nH]n2c(C(=O)OC)c(C)nc2c1Cl. The van der Waals surface area contributed by atoms with Gasteiger partial charge >= 0.3 is 5.97 Å². The van der Waals surface area contributed by atoms with E-state index in [2.05, 4.69) is 14.8 Å². The van der Waals surface area contributed by atoms with Gasteiger partial charge in [0.15, 0.2) is 11.3 Å². The van der Waals surface area contributed by atoms with E-state index in [0.717, 1.165) is 0 Å². The Kier molecular flexibility index (Phi) is 2.97. The molecule has 0 saturated heterocycles. The van der Waals surface area contributed by atoms with Gasteiger partial charge in [-0.15, -0.1) is 0 Å². The van der Waals surface area contributed by atoms with Crippen LogP contribution in [0.3, 0.4) is 0 Å². The van der Waals surface area contributed by atoms with Gasteiger partial charge in [-0.3, -0.25) is 5.10 Å². The monoisotopic (exact) mass is 257 g/mol. The van der Waals surface area contributed by atoms with Crippen LogP contribution in [-0.2, 0) is 4.74 Å². The van der Waals surface area contributed by atoms with Crippen LogP contribution in [0.1, 0.15) is 23.1 Å². The van der Waals surface area contributed by atoms with Crippen molar-refractivity contribution in [3.63, 3.8) is 0 Å². The number of esters is 1. The number of imidazole rings is 1. The Morgan fingerprint density at radius 1 is 1.59 bits per heavy atom. The van der Waals surface area contributed by atoms with E-state index in [1.165, 1.54) is 11.6 Å². The molecule has 2 aromatic rings. The van der Waals surface area contributed by atoms with Gasteiger partial charge in [-0.2, -0.15) is 0 Å². The van der Waals surface area contributed by atoms with Crippen molar-refractivity contribution in [3.8, 4) is 5.88 Å². The maximum atomic E-state index is 11.6. The lowest BCUT2D eigenvalue weighted by Gasteiger charge is -2.00. The first-order valence-electron chi connectivity index (χ1n) is 5.07. The first-order chi connectivity index (χ1) is 8.10. The number of hydrogen-bond acceptors (Lipinski definition) is 4. The highest BCUT2D eigenvalue weighted by molar-refractivity contribution is 6.35. The molecule has 0 saturated carbocycles. The molecule has 0 amide bonds. The Morgan fingerprint density at radius 3 is 2.88 bits per heavy atom. The van der Waals surface area contributed by atoms with E-state index in [9.17, 15) is 4.79 Å². The second-order valence-electron chi connectivity index (χ2n) is 3.38. The molecular formula is C10H12ClN3O3. The van der Waals surface area contributed by atoms with Crippen LogP contribution >= 0.6 is 11.6 Å². The molecule has 6 nitrogen and oxygen atoms in total. The molecule has 17 heavy (non-hydrogen) atoms. The van der Waals surface area contributed by atoms with Crippen molar-refractivity contribution in [3.05, 3.63) is 16.4 Å². The zero-order valence-corrected chi connectivity index (χ0v) is 10.5. The summed E-state index contributed by atoms with van der Waals surface area (Å²) in [6.07, 6.45) is 0. The summed E-state index contributed by atoms with van der Waals surface area (Å²) in [5, 5.41) is 3.22. The van der Waals surface area contributed by atoms with Crippen molar-refractivity contribution in [1.82, 2.24) is 14.6 Å². The molecule has 2 heterocycles. The van der Waals surface area contributed by atoms with E-state index >= 15 is 0 Å². The smallest absolute Gasteiger partial charge is 0.358 e. The van der Waals surface area contributed by atoms with Crippen molar-refractivity contribution in [2.75, 3.05) is 13.7 Å². The van der Waals surface area contributed by atoms with Crippen LogP contribution in [0.4, 0.5) is 0 Å². The van der Waals surface area contributed by atoms with E-state index in [-0.39, 0.29) is 0 Å². The van der Waals surface area contributed by atoms with Crippen molar-refractivity contribution >= 4 is 23.2 Å². The number of nitrogens with zero attached hydrogens (tertiary/aromatic N) is 2. The van der Waals surface area contributed by atoms with Gasteiger partial charge in [-0.25, -0.2) is 14.3 Å². The molecule has 0 spiro atoms. The third-order valence-corrected chi connectivity index (χ3v) is 2.67. The highest BCUT2D eigenvalue weighted by atomic mass is 35.5. The standard InChI is InChI=1S/C10H12ClN3O3/c1-4-17-9-6(11)8-12-5(2)7(10(15)16-3)14(8)13-9/h13H,4H2,1-3H3. The molecular weight excluding hydrogens is 246 g/mol. The molecule has 0 aliphatic heterocycles. The van der Waals surface area contributed by atoms with Gasteiger partial charge in [0.2, 0.25) is 5.88 Å². The molecule has 92 valence electrons. The number of rotatable bonds is 3. The number of hydrogen-bond donors (Lipinski definition) is 1. The number of aryl methyl sites for hydroxylation is 1. The average Bonchev–Trinajstić information content (AvgIpc) is 2.77. The van der Waals surface area contributed by atoms with E-state index in [1.807, 2.05) is 6.92 Å². The highest BCUT2D eigenvalue weighted by Crippen LogP contribution is 2.29. The third-order valence-electron chi connectivity index (χ3n) is 2.33. The number of fused-ring (bicyclic) bond motifs is 1. The second kappa shape index (κ2) is 4.29. The largest absolute Gasteiger partial charge is 0.477 e. The Morgan fingerprint density at radius 2 is 2.29 bits per heavy atom. The first kappa shape index (κ1) is 11.8. The minimum absolute atomic E-state index is 0.315. The molecule has 2 rings (SSSR count). The number of carbonyl (C=O) groups is 1. The topological polar surface area (TPSA) is 68.6 Å². The van der Waals surface area contributed by atoms with E-state index in [1.54, 1.807) is 6.92 Å². The predicted molar refractivity (Wildman–Crippen MR) is 61.8 cm³/mol. The summed E-state index contributed by atoms with van der Waals surface area (Å²) in [4.78, 5) is 15.8. The lowest BCUT2D eigenvalue weighted by molar-refractivity contribution is 0.0590. The van der Waals surface area contributed by atoms with Crippen LogP contribution in [0.2, 0.25) is 5.02 Å². The number of H-pyrrole nitrogens is 1. The molecule has 7 heteroatoms. The Bertz CT molecular complexity index is 573. The van der Waals surface area contributed by atoms with E-state index < -0.39 is 5.97 Å². The predicted octanol–water partition coefficient (Wildman–Crippen LogP) is 1.81. The van der Waals surface area contributed by atoms with Gasteiger partial charge in [-0.05, 0) is 13.8 Å². The second-order valence-corrected chi connectivity index (χ2v) is 3.76. The highest BCUT2D eigenvalue weighted by Gasteiger charge is 2.22. The van der Waals surface area contributed by atoms with Gasteiger partial charge in [-0.1, -0.05) is 11.6 Å². The summed E-state index contributed by atoms with van der Waals surface area (Å²) in [5.74, 6) is -0.0854. The number of nitrogens with one attached hydrogen (secondary N) is 1. The van der Waals surface area contributed by atoms with Crippen LogP contribution in [0.25, 0.3) is 5.65 Å². The van der Waals surface area contributed by atoms with Gasteiger partial charge in [0, 0.05) is 0 Å². The molecule has 2 aromatic heterocycles. The third kappa shape index (κ3) is 1.74. The number of methoxy groups -OCH3 is 1. The normalized spacial score (nSPS) is 10.8. The molecule has 0 bridgehead atoms. The van der Waals surface area contributed by atoms with Crippen LogP contribution in [0, 0.1) is 6.92 Å². The Balaban J connectivity index is 2.64. The van der Waals surface area contributed by atoms with Crippen LogP contribution < -0.4 is 4.74 Å². The fourth-order valence-electron chi connectivity index (χ4n) is 1.61. The summed E-state index contributed by atoms with van der Waals surface area (Å²) < 4.78 is 11.4. The molecule has 0 radical (unpaired) electrons. The van der Waals surface area contributed by atoms with Crippen LogP contribution in [0.5, 0.6) is 5.88 Å². The summed E-state index contributed by atoms with van der Waals surface area (Å²) in [7, 11) is 1.31. The lowest BCUT2D eigenvalue weighted by Crippen LogP contribution is -2.08. The summed E-state index contributed by atoms with van der Waals surface area (Å²) in [5.41, 5.74) is 1.32. The van der Waals surface area contributed by atoms with Crippen LogP contribution in [0.15, 0.2) is 0 Å². The number of ether oxygens (including phenoxy) is 2. The summed E-state index contributed by atoms with van der Waals surface area (Å²) >= 11 is 6.08. The van der Waals surface area contributed by atoms with Crippen molar-refractivity contribution in [1.29, 1.82) is 0 Å². The molecule has 0 unspecified atom stereocenters. The Labute approximate surface area is 102 Å². The van der Waals surface area contributed by atoms with E-state index in [4.69, 9.17) is 16.3 Å². The molecule has 0 aliphatic carbocycles. The summed E-state index contributed by atoms with van der Waals surface area (Å²) in [6.45, 7) is 4.02. The molecule has 1 N–H and O–H groups in total. The van der Waals surface area contributed by atoms with Gasteiger partial charge < -0.3 is 9.47 Å². The zero-order chi connectivity index (χ0) is 12.6. The maximum absolute atomic E-state index is 11.6. The van der Waals surface area contributed by atoms with Crippen LogP contribution in [-0.4, -0.2) is 34.3 Å². The quantitative estimate of drug-likeness (QED) is 0.852. The van der Waals surface area contributed by atoms with Crippen molar-refractivity contribution in [2.24, 2.45) is 0 Å². The zero-order valence-electron chi connectivity index (χ0n) is 9.70. The maximum Gasteiger partial charge on any atom is 0.358 e. The fraction of sp³-hybridized carbons (Fsp3) is 0.400. The lowest BCUT2D eigenvalue weighted by atomic mass is 10.3. The molecule has 0 fully saturated rings. The average molecular weight is 258 g/mol. The minimum atomic E-state index is -0.476. The molecule has 0 atom stereocenters. The van der Waals surface area contributed by atoms with Gasteiger partial charge in [0.25, 0.3) is 0 Å². The van der Waals surface area contributed by atoms with Crippen molar-refractivity contribution in [2.45, 2.75) is 13.8 Å². The number of halogens is 1. The first-order valence-corrected chi connectivity index (χ1v) is 5.45. The van der Waals surface area contributed by atoms with Gasteiger partial charge in [0.05, 0.1) is 19.4 Å². The Hall–Kier alpha value is -1.69. The fourth-order valence-corrected chi connectivity index (χ4v) is 1.84. The number of aromatic amines is 1. The minimum Gasteiger partial charge on any atom is -0.477 e. The molecule has 0 aromatic carbocycles. The molecule has 0 aliphatic rings. The van der Waals surface area contributed by atoms with Crippen molar-refractivity contribution < 1.29 is 14.3 Å². The van der Waals surface area contributed by atoms with E-state index in [0.29, 0.717) is 34.5 Å². The number of aromatic nitrogens is 3. The van der Waals surface area contributed by atoms with Gasteiger partial charge in [0.1, 0.15) is 5.02 Å².